The number of pyridine rings is 1. The van der Waals surface area contributed by atoms with Crippen molar-refractivity contribution in [3.8, 4) is 0 Å². The molecule has 3 heterocycles. The number of nitrogens with zero attached hydrogens (tertiary/aromatic N) is 3. The Labute approximate surface area is 138 Å². The molecule has 1 unspecified atom stereocenters. The van der Waals surface area contributed by atoms with Gasteiger partial charge in [0.2, 0.25) is 0 Å². The van der Waals surface area contributed by atoms with E-state index in [0.717, 1.165) is 41.3 Å². The summed E-state index contributed by atoms with van der Waals surface area (Å²) in [6.07, 6.45) is 5.02. The van der Waals surface area contributed by atoms with Gasteiger partial charge in [-0.1, -0.05) is 6.07 Å². The van der Waals surface area contributed by atoms with Gasteiger partial charge in [-0.15, -0.1) is 11.3 Å². The average molecular weight is 326 g/mol. The number of carbonyl (C=O) groups is 1. The molecule has 1 N–H and O–H groups in total. The van der Waals surface area contributed by atoms with Gasteiger partial charge in [-0.25, -0.2) is 9.97 Å². The molecule has 3 aromatic rings. The summed E-state index contributed by atoms with van der Waals surface area (Å²) >= 11 is 1.74. The van der Waals surface area contributed by atoms with Gasteiger partial charge in [0.15, 0.2) is 0 Å². The minimum Gasteiger partial charge on any atom is -0.342 e. The Hall–Kier alpha value is -2.21. The fourth-order valence-corrected chi connectivity index (χ4v) is 4.28. The molecule has 1 aliphatic carbocycles. The number of aryl methyl sites for hydroxylation is 3. The summed E-state index contributed by atoms with van der Waals surface area (Å²) in [7, 11) is 0. The molecule has 1 atom stereocenters. The number of thiazole rings is 1. The van der Waals surface area contributed by atoms with E-state index in [1.807, 2.05) is 42.6 Å². The van der Waals surface area contributed by atoms with E-state index in [1.54, 1.807) is 11.3 Å². The molecule has 0 radical (unpaired) electrons. The Bertz CT molecular complexity index is 895. The summed E-state index contributed by atoms with van der Waals surface area (Å²) < 4.78 is 1.94. The van der Waals surface area contributed by atoms with Crippen molar-refractivity contribution in [2.24, 2.45) is 0 Å². The van der Waals surface area contributed by atoms with Crippen molar-refractivity contribution in [1.82, 2.24) is 19.7 Å². The highest BCUT2D eigenvalue weighted by molar-refractivity contribution is 7.11. The Morgan fingerprint density at radius 2 is 2.22 bits per heavy atom. The number of amides is 1. The summed E-state index contributed by atoms with van der Waals surface area (Å²) in [6.45, 7) is 3.95. The lowest BCUT2D eigenvalue weighted by Gasteiger charge is -2.22. The third-order valence-corrected chi connectivity index (χ3v) is 5.40. The first-order valence-electron chi connectivity index (χ1n) is 7.84. The monoisotopic (exact) mass is 326 g/mol. The molecule has 6 heteroatoms. The summed E-state index contributed by atoms with van der Waals surface area (Å²) in [5.74, 6) is -0.116. The van der Waals surface area contributed by atoms with Crippen LogP contribution in [0.2, 0.25) is 0 Å². The lowest BCUT2D eigenvalue weighted by Crippen LogP contribution is -2.31. The van der Waals surface area contributed by atoms with Crippen molar-refractivity contribution >= 4 is 22.9 Å². The van der Waals surface area contributed by atoms with Crippen LogP contribution < -0.4 is 5.32 Å². The van der Waals surface area contributed by atoms with Crippen LogP contribution in [-0.2, 0) is 6.42 Å². The minimum atomic E-state index is -0.116. The topological polar surface area (TPSA) is 59.3 Å². The Morgan fingerprint density at radius 3 is 3.04 bits per heavy atom. The van der Waals surface area contributed by atoms with Crippen molar-refractivity contribution in [3.05, 3.63) is 51.4 Å². The summed E-state index contributed by atoms with van der Waals surface area (Å²) in [5.41, 5.74) is 3.20. The average Bonchev–Trinajstić information content (AvgIpc) is 3.08. The summed E-state index contributed by atoms with van der Waals surface area (Å²) in [6, 6.07) is 5.77. The van der Waals surface area contributed by atoms with Crippen LogP contribution in [0.3, 0.4) is 0 Å². The van der Waals surface area contributed by atoms with Crippen LogP contribution in [0.15, 0.2) is 24.4 Å². The molecule has 0 fully saturated rings. The fourth-order valence-electron chi connectivity index (χ4n) is 3.24. The third-order valence-electron chi connectivity index (χ3n) is 4.35. The molecule has 1 amide bonds. The predicted octanol–water partition coefficient (Wildman–Crippen LogP) is 3.22. The molecule has 1 aliphatic rings. The normalized spacial score (nSPS) is 17.2. The smallest absolute Gasteiger partial charge is 0.272 e. The van der Waals surface area contributed by atoms with Gasteiger partial charge in [0.1, 0.15) is 11.3 Å². The lowest BCUT2D eigenvalue weighted by atomic mass is 9.97. The standard InChI is InChI=1S/C17H18N4OS/c1-10-15(20-14-8-3-4-9-21(10)14)17(22)19-12-6-5-7-13-16(12)18-11(2)23-13/h3-4,8-9,12H,5-7H2,1-2H3,(H,19,22). The predicted molar refractivity (Wildman–Crippen MR) is 89.9 cm³/mol. The third kappa shape index (κ3) is 2.43. The van der Waals surface area contributed by atoms with E-state index in [0.29, 0.717) is 5.69 Å². The molecule has 118 valence electrons. The van der Waals surface area contributed by atoms with E-state index in [4.69, 9.17) is 0 Å². The molecule has 3 aromatic heterocycles. The van der Waals surface area contributed by atoms with Crippen molar-refractivity contribution in [3.63, 3.8) is 0 Å². The van der Waals surface area contributed by atoms with Crippen molar-refractivity contribution in [2.45, 2.75) is 39.2 Å². The maximum Gasteiger partial charge on any atom is 0.272 e. The number of hydrogen-bond donors (Lipinski definition) is 1. The molecular weight excluding hydrogens is 308 g/mol. The van der Waals surface area contributed by atoms with Crippen LogP contribution in [0, 0.1) is 13.8 Å². The van der Waals surface area contributed by atoms with Gasteiger partial charge in [0.25, 0.3) is 5.91 Å². The van der Waals surface area contributed by atoms with Crippen LogP contribution in [0.5, 0.6) is 0 Å². The van der Waals surface area contributed by atoms with E-state index in [9.17, 15) is 4.79 Å². The summed E-state index contributed by atoms with van der Waals surface area (Å²) in [4.78, 5) is 23.1. The number of hydrogen-bond acceptors (Lipinski definition) is 4. The van der Waals surface area contributed by atoms with Crippen molar-refractivity contribution < 1.29 is 4.79 Å². The van der Waals surface area contributed by atoms with E-state index < -0.39 is 0 Å². The molecule has 4 rings (SSSR count). The van der Waals surface area contributed by atoms with E-state index in [2.05, 4.69) is 15.3 Å². The second-order valence-corrected chi connectivity index (χ2v) is 7.22. The van der Waals surface area contributed by atoms with Gasteiger partial charge in [-0.3, -0.25) is 4.79 Å². The molecule has 23 heavy (non-hydrogen) atoms. The van der Waals surface area contributed by atoms with Gasteiger partial charge in [-0.05, 0) is 45.2 Å². The zero-order valence-electron chi connectivity index (χ0n) is 13.2. The Morgan fingerprint density at radius 1 is 1.35 bits per heavy atom. The summed E-state index contributed by atoms with van der Waals surface area (Å²) in [5, 5.41) is 4.21. The first kappa shape index (κ1) is 14.4. The van der Waals surface area contributed by atoms with E-state index >= 15 is 0 Å². The quantitative estimate of drug-likeness (QED) is 0.786. The first-order chi connectivity index (χ1) is 11.1. The molecule has 0 aliphatic heterocycles. The van der Waals surface area contributed by atoms with E-state index in [1.165, 1.54) is 4.88 Å². The van der Waals surface area contributed by atoms with E-state index in [-0.39, 0.29) is 11.9 Å². The zero-order chi connectivity index (χ0) is 16.0. The fraction of sp³-hybridized carbons (Fsp3) is 0.353. The molecule has 0 saturated heterocycles. The Kier molecular flexibility index (Phi) is 3.41. The number of nitrogens with one attached hydrogen (secondary N) is 1. The highest BCUT2D eigenvalue weighted by Crippen LogP contribution is 2.33. The van der Waals surface area contributed by atoms with Crippen molar-refractivity contribution in [1.29, 1.82) is 0 Å². The largest absolute Gasteiger partial charge is 0.342 e. The second-order valence-electron chi connectivity index (χ2n) is 5.93. The molecule has 0 spiro atoms. The SMILES string of the molecule is Cc1nc2c(s1)CCCC2NC(=O)c1nc2ccccn2c1C. The molecule has 0 saturated carbocycles. The molecule has 5 nitrogen and oxygen atoms in total. The first-order valence-corrected chi connectivity index (χ1v) is 8.66. The molecule has 0 bridgehead atoms. The molecule has 0 aromatic carbocycles. The second kappa shape index (κ2) is 5.45. The van der Waals surface area contributed by atoms with Gasteiger partial charge in [0, 0.05) is 11.1 Å². The highest BCUT2D eigenvalue weighted by atomic mass is 32.1. The van der Waals surface area contributed by atoms with Crippen LogP contribution in [0.4, 0.5) is 0 Å². The van der Waals surface area contributed by atoms with Crippen LogP contribution in [0.25, 0.3) is 5.65 Å². The number of fused-ring (bicyclic) bond motifs is 2. The maximum atomic E-state index is 12.7. The zero-order valence-corrected chi connectivity index (χ0v) is 14.0. The lowest BCUT2D eigenvalue weighted by molar-refractivity contribution is 0.0926. The van der Waals surface area contributed by atoms with Gasteiger partial charge in [0.05, 0.1) is 22.4 Å². The number of aromatic nitrogens is 3. The number of carbonyl (C=O) groups excluding carboxylic acids is 1. The van der Waals surface area contributed by atoms with Crippen LogP contribution in [-0.4, -0.2) is 20.3 Å². The number of imidazole rings is 1. The van der Waals surface area contributed by atoms with Gasteiger partial charge >= 0.3 is 0 Å². The van der Waals surface area contributed by atoms with Crippen molar-refractivity contribution in [2.75, 3.05) is 0 Å². The van der Waals surface area contributed by atoms with Crippen LogP contribution in [0.1, 0.15) is 50.6 Å². The van der Waals surface area contributed by atoms with Gasteiger partial charge < -0.3 is 9.72 Å². The molecular formula is C17H18N4OS. The van der Waals surface area contributed by atoms with Crippen LogP contribution >= 0.6 is 11.3 Å². The maximum absolute atomic E-state index is 12.7. The number of rotatable bonds is 2. The van der Waals surface area contributed by atoms with Gasteiger partial charge in [-0.2, -0.15) is 0 Å². The Balaban J connectivity index is 1.64. The highest BCUT2D eigenvalue weighted by Gasteiger charge is 2.27. The minimum absolute atomic E-state index is 0.000382.